The highest BCUT2D eigenvalue weighted by molar-refractivity contribution is 7.13. The molecule has 0 aliphatic carbocycles. The zero-order chi connectivity index (χ0) is 13.9. The molecule has 0 N–H and O–H groups in total. The number of amides is 1. The smallest absolute Gasteiger partial charge is 0.255 e. The van der Waals surface area contributed by atoms with Crippen molar-refractivity contribution >= 4 is 22.4 Å². The summed E-state index contributed by atoms with van der Waals surface area (Å²) in [6.07, 6.45) is 3.30. The Hall–Kier alpha value is -1.95. The number of aryl methyl sites for hydroxylation is 1. The monoisotopic (exact) mass is 288 g/mol. The Morgan fingerprint density at radius 1 is 1.30 bits per heavy atom. The third-order valence-corrected chi connectivity index (χ3v) is 4.37. The van der Waals surface area contributed by atoms with E-state index in [1.165, 1.54) is 0 Å². The first-order chi connectivity index (χ1) is 9.74. The molecule has 1 fully saturated rings. The fourth-order valence-corrected chi connectivity index (χ4v) is 3.12. The van der Waals surface area contributed by atoms with Gasteiger partial charge in [-0.2, -0.15) is 0 Å². The van der Waals surface area contributed by atoms with Gasteiger partial charge in [0.15, 0.2) is 5.13 Å². The molecule has 1 aliphatic heterocycles. The van der Waals surface area contributed by atoms with Crippen LogP contribution in [0.3, 0.4) is 0 Å². The van der Waals surface area contributed by atoms with Gasteiger partial charge in [-0.15, -0.1) is 11.3 Å². The third-order valence-electron chi connectivity index (χ3n) is 3.35. The van der Waals surface area contributed by atoms with Crippen LogP contribution in [0.2, 0.25) is 0 Å². The summed E-state index contributed by atoms with van der Waals surface area (Å²) in [4.78, 5) is 24.9. The van der Waals surface area contributed by atoms with Crippen molar-refractivity contribution in [2.24, 2.45) is 0 Å². The van der Waals surface area contributed by atoms with Crippen molar-refractivity contribution in [1.29, 1.82) is 0 Å². The molecule has 1 amide bonds. The molecule has 0 atom stereocenters. The lowest BCUT2D eigenvalue weighted by atomic mass is 10.2. The zero-order valence-electron chi connectivity index (χ0n) is 11.3. The van der Waals surface area contributed by atoms with Crippen LogP contribution in [0.1, 0.15) is 16.1 Å². The molecule has 3 rings (SSSR count). The molecule has 2 aromatic heterocycles. The highest BCUT2D eigenvalue weighted by Crippen LogP contribution is 2.21. The Labute approximate surface area is 121 Å². The van der Waals surface area contributed by atoms with Gasteiger partial charge in [0.1, 0.15) is 0 Å². The minimum absolute atomic E-state index is 0.0630. The first-order valence-corrected chi connectivity index (χ1v) is 7.48. The summed E-state index contributed by atoms with van der Waals surface area (Å²) in [5.74, 6) is 0.0630. The van der Waals surface area contributed by atoms with E-state index in [0.29, 0.717) is 5.56 Å². The van der Waals surface area contributed by atoms with Gasteiger partial charge < -0.3 is 9.80 Å². The number of carbonyl (C=O) groups excluding carboxylic acids is 1. The van der Waals surface area contributed by atoms with Gasteiger partial charge in [-0.1, -0.05) is 0 Å². The van der Waals surface area contributed by atoms with Gasteiger partial charge in [0.25, 0.3) is 5.91 Å². The van der Waals surface area contributed by atoms with E-state index in [9.17, 15) is 4.79 Å². The first-order valence-electron chi connectivity index (χ1n) is 6.60. The lowest BCUT2D eigenvalue weighted by molar-refractivity contribution is 0.0746. The van der Waals surface area contributed by atoms with E-state index in [4.69, 9.17) is 0 Å². The van der Waals surface area contributed by atoms with E-state index in [-0.39, 0.29) is 5.91 Å². The van der Waals surface area contributed by atoms with Gasteiger partial charge in [0.05, 0.1) is 11.3 Å². The Kier molecular flexibility index (Phi) is 3.64. The number of nitrogens with zero attached hydrogens (tertiary/aromatic N) is 4. The van der Waals surface area contributed by atoms with Crippen molar-refractivity contribution in [3.63, 3.8) is 0 Å². The van der Waals surface area contributed by atoms with E-state index in [0.717, 1.165) is 37.0 Å². The molecule has 20 heavy (non-hydrogen) atoms. The summed E-state index contributed by atoms with van der Waals surface area (Å²) in [6, 6.07) is 3.60. The van der Waals surface area contributed by atoms with Gasteiger partial charge in [0.2, 0.25) is 0 Å². The predicted molar refractivity (Wildman–Crippen MR) is 79.2 cm³/mol. The fraction of sp³-hybridized carbons (Fsp3) is 0.357. The van der Waals surface area contributed by atoms with Gasteiger partial charge in [-0.05, 0) is 19.1 Å². The maximum atomic E-state index is 12.3. The van der Waals surface area contributed by atoms with Crippen LogP contribution in [0.5, 0.6) is 0 Å². The number of pyridine rings is 1. The summed E-state index contributed by atoms with van der Waals surface area (Å²) >= 11 is 1.66. The summed E-state index contributed by atoms with van der Waals surface area (Å²) in [5, 5.41) is 3.11. The van der Waals surface area contributed by atoms with Crippen LogP contribution in [0, 0.1) is 6.92 Å². The predicted octanol–water partition coefficient (Wildman–Crippen LogP) is 1.81. The van der Waals surface area contributed by atoms with E-state index >= 15 is 0 Å². The lowest BCUT2D eigenvalue weighted by Crippen LogP contribution is -2.48. The van der Waals surface area contributed by atoms with E-state index < -0.39 is 0 Å². The van der Waals surface area contributed by atoms with Crippen molar-refractivity contribution in [1.82, 2.24) is 14.9 Å². The normalized spacial score (nSPS) is 15.4. The molecule has 1 aliphatic rings. The molecule has 0 saturated carbocycles. The van der Waals surface area contributed by atoms with E-state index in [1.54, 1.807) is 29.8 Å². The summed E-state index contributed by atoms with van der Waals surface area (Å²) in [5.41, 5.74) is 1.71. The van der Waals surface area contributed by atoms with Crippen molar-refractivity contribution in [2.45, 2.75) is 6.92 Å². The number of piperazine rings is 1. The standard InChI is InChI=1S/C14H16N4OS/c1-11-10-20-14(16-11)18-7-5-17(6-8-18)13(19)12-3-2-4-15-9-12/h2-4,9-10H,5-8H2,1H3. The second-order valence-electron chi connectivity index (χ2n) is 4.79. The average Bonchev–Trinajstić information content (AvgIpc) is 2.94. The average molecular weight is 288 g/mol. The molecular formula is C14H16N4OS. The molecular weight excluding hydrogens is 272 g/mol. The molecule has 0 radical (unpaired) electrons. The number of hydrogen-bond donors (Lipinski definition) is 0. The number of rotatable bonds is 2. The minimum atomic E-state index is 0.0630. The van der Waals surface area contributed by atoms with Crippen LogP contribution >= 0.6 is 11.3 Å². The molecule has 1 saturated heterocycles. The lowest BCUT2D eigenvalue weighted by Gasteiger charge is -2.34. The van der Waals surface area contributed by atoms with Crippen LogP contribution < -0.4 is 4.90 Å². The second kappa shape index (κ2) is 5.58. The largest absolute Gasteiger partial charge is 0.345 e. The molecule has 6 heteroatoms. The number of hydrogen-bond acceptors (Lipinski definition) is 5. The summed E-state index contributed by atoms with van der Waals surface area (Å²) in [6.45, 7) is 5.12. The zero-order valence-corrected chi connectivity index (χ0v) is 12.1. The molecule has 104 valence electrons. The summed E-state index contributed by atoms with van der Waals surface area (Å²) < 4.78 is 0. The molecule has 0 unspecified atom stereocenters. The number of thiazole rings is 1. The van der Waals surface area contributed by atoms with E-state index in [1.807, 2.05) is 17.9 Å². The van der Waals surface area contributed by atoms with Gasteiger partial charge >= 0.3 is 0 Å². The highest BCUT2D eigenvalue weighted by Gasteiger charge is 2.23. The third kappa shape index (κ3) is 2.65. The van der Waals surface area contributed by atoms with Crippen molar-refractivity contribution in [2.75, 3.05) is 31.1 Å². The SMILES string of the molecule is Cc1csc(N2CCN(C(=O)c3cccnc3)CC2)n1. The molecule has 0 aromatic carbocycles. The Morgan fingerprint density at radius 3 is 2.70 bits per heavy atom. The highest BCUT2D eigenvalue weighted by atomic mass is 32.1. The molecule has 5 nitrogen and oxygen atoms in total. The van der Waals surface area contributed by atoms with Crippen molar-refractivity contribution in [3.05, 3.63) is 41.2 Å². The van der Waals surface area contributed by atoms with Crippen LogP contribution in [-0.4, -0.2) is 47.0 Å². The molecule has 0 spiro atoms. The Balaban J connectivity index is 1.63. The number of aromatic nitrogens is 2. The topological polar surface area (TPSA) is 49.3 Å². The Morgan fingerprint density at radius 2 is 2.10 bits per heavy atom. The fourth-order valence-electron chi connectivity index (χ4n) is 2.26. The van der Waals surface area contributed by atoms with Gasteiger partial charge in [-0.3, -0.25) is 9.78 Å². The Bertz CT molecular complexity index is 590. The maximum Gasteiger partial charge on any atom is 0.255 e. The minimum Gasteiger partial charge on any atom is -0.345 e. The quantitative estimate of drug-likeness (QED) is 0.845. The number of anilines is 1. The van der Waals surface area contributed by atoms with E-state index in [2.05, 4.69) is 20.2 Å². The maximum absolute atomic E-state index is 12.3. The molecule has 3 heterocycles. The first kappa shape index (κ1) is 13.1. The van der Waals surface area contributed by atoms with Crippen molar-refractivity contribution < 1.29 is 4.79 Å². The number of carbonyl (C=O) groups is 1. The van der Waals surface area contributed by atoms with Crippen LogP contribution in [0.4, 0.5) is 5.13 Å². The van der Waals surface area contributed by atoms with Crippen LogP contribution in [0.25, 0.3) is 0 Å². The second-order valence-corrected chi connectivity index (χ2v) is 5.63. The van der Waals surface area contributed by atoms with Gasteiger partial charge in [-0.25, -0.2) is 4.98 Å². The molecule has 2 aromatic rings. The molecule has 0 bridgehead atoms. The van der Waals surface area contributed by atoms with Crippen molar-refractivity contribution in [3.8, 4) is 0 Å². The van der Waals surface area contributed by atoms with Crippen LogP contribution in [0.15, 0.2) is 29.9 Å². The van der Waals surface area contributed by atoms with Gasteiger partial charge in [0, 0.05) is 44.0 Å². The van der Waals surface area contributed by atoms with Crippen LogP contribution in [-0.2, 0) is 0 Å². The summed E-state index contributed by atoms with van der Waals surface area (Å²) in [7, 11) is 0.